The van der Waals surface area contributed by atoms with Crippen molar-refractivity contribution in [1.82, 2.24) is 25.5 Å². The molecule has 9 heteroatoms. The molecule has 2 aromatic carbocycles. The number of benzene rings is 2. The molecular formula is C26H21FN6O2. The van der Waals surface area contributed by atoms with Gasteiger partial charge in [-0.3, -0.25) is 19.9 Å². The van der Waals surface area contributed by atoms with Crippen LogP contribution in [0, 0.1) is 5.82 Å². The highest BCUT2D eigenvalue weighted by atomic mass is 19.1. The number of H-pyrrole nitrogens is 1. The lowest BCUT2D eigenvalue weighted by molar-refractivity contribution is 0.0947. The maximum absolute atomic E-state index is 13.6. The van der Waals surface area contributed by atoms with E-state index in [0.29, 0.717) is 17.3 Å². The van der Waals surface area contributed by atoms with E-state index in [1.165, 1.54) is 19.2 Å². The summed E-state index contributed by atoms with van der Waals surface area (Å²) in [6, 6.07) is 15.2. The molecular weight excluding hydrogens is 447 g/mol. The number of rotatable bonds is 6. The molecule has 8 nitrogen and oxygen atoms in total. The topological polar surface area (TPSA) is 119 Å². The Morgan fingerprint density at radius 3 is 2.60 bits per heavy atom. The number of amides is 1. The Kier molecular flexibility index (Phi) is 5.80. The fourth-order valence-electron chi connectivity index (χ4n) is 3.93. The number of carbonyl (C=O) groups excluding carboxylic acids is 1. The van der Waals surface area contributed by atoms with Crippen molar-refractivity contribution in [1.29, 1.82) is 0 Å². The lowest BCUT2D eigenvalue weighted by atomic mass is 10.0. The molecule has 5 aromatic rings. The second-order valence-electron chi connectivity index (χ2n) is 7.84. The molecule has 0 bridgehead atoms. The number of nitrogens with zero attached hydrogens (tertiary/aromatic N) is 3. The first-order valence-electron chi connectivity index (χ1n) is 10.8. The third-order valence-electron chi connectivity index (χ3n) is 5.70. The SMILES string of the molecule is COc1ccc(F)cc1C(=O)NCc1ccc(-c2ncc(-c3ccncc3)c3[nH]nc(N)c23)cc1. The van der Waals surface area contributed by atoms with Crippen LogP contribution in [0.2, 0.25) is 0 Å². The van der Waals surface area contributed by atoms with E-state index in [-0.39, 0.29) is 12.1 Å². The van der Waals surface area contributed by atoms with E-state index in [0.717, 1.165) is 39.2 Å². The third kappa shape index (κ3) is 4.26. The van der Waals surface area contributed by atoms with Gasteiger partial charge in [0.1, 0.15) is 11.6 Å². The van der Waals surface area contributed by atoms with Gasteiger partial charge in [-0.05, 0) is 41.5 Å². The number of hydrogen-bond acceptors (Lipinski definition) is 6. The van der Waals surface area contributed by atoms with Crippen molar-refractivity contribution in [2.75, 3.05) is 12.8 Å². The van der Waals surface area contributed by atoms with E-state index in [1.807, 2.05) is 36.4 Å². The van der Waals surface area contributed by atoms with E-state index in [4.69, 9.17) is 10.5 Å². The Bertz CT molecular complexity index is 1520. The van der Waals surface area contributed by atoms with Crippen LogP contribution >= 0.6 is 0 Å². The summed E-state index contributed by atoms with van der Waals surface area (Å²) < 4.78 is 18.7. The van der Waals surface area contributed by atoms with Gasteiger partial charge >= 0.3 is 0 Å². The minimum absolute atomic E-state index is 0.139. The predicted molar refractivity (Wildman–Crippen MR) is 131 cm³/mol. The van der Waals surface area contributed by atoms with Crippen LogP contribution in [0.1, 0.15) is 15.9 Å². The van der Waals surface area contributed by atoms with E-state index in [2.05, 4.69) is 25.5 Å². The number of hydrogen-bond donors (Lipinski definition) is 3. The average molecular weight is 468 g/mol. The molecule has 0 aliphatic carbocycles. The van der Waals surface area contributed by atoms with Crippen LogP contribution in [0.4, 0.5) is 10.2 Å². The van der Waals surface area contributed by atoms with Gasteiger partial charge in [-0.15, -0.1) is 0 Å². The number of aromatic amines is 1. The molecule has 3 heterocycles. The minimum atomic E-state index is -0.507. The third-order valence-corrected chi connectivity index (χ3v) is 5.70. The molecule has 0 unspecified atom stereocenters. The molecule has 0 saturated carbocycles. The number of methoxy groups -OCH3 is 1. The van der Waals surface area contributed by atoms with Crippen LogP contribution in [0.25, 0.3) is 33.3 Å². The van der Waals surface area contributed by atoms with Gasteiger partial charge in [0, 0.05) is 36.3 Å². The summed E-state index contributed by atoms with van der Waals surface area (Å²) in [5, 5.41) is 10.7. The molecule has 4 N–H and O–H groups in total. The van der Waals surface area contributed by atoms with Crippen molar-refractivity contribution in [3.63, 3.8) is 0 Å². The molecule has 35 heavy (non-hydrogen) atoms. The summed E-state index contributed by atoms with van der Waals surface area (Å²) in [5.74, 6) is -0.264. The molecule has 174 valence electrons. The van der Waals surface area contributed by atoms with Crippen LogP contribution in [0.5, 0.6) is 5.75 Å². The molecule has 0 radical (unpaired) electrons. The summed E-state index contributed by atoms with van der Waals surface area (Å²) in [4.78, 5) is 21.3. The first-order chi connectivity index (χ1) is 17.0. The van der Waals surface area contributed by atoms with Crippen molar-refractivity contribution in [3.8, 4) is 28.1 Å². The second kappa shape index (κ2) is 9.22. The van der Waals surface area contributed by atoms with E-state index < -0.39 is 11.7 Å². The van der Waals surface area contributed by atoms with Crippen LogP contribution in [0.15, 0.2) is 73.2 Å². The summed E-state index contributed by atoms with van der Waals surface area (Å²) in [5.41, 5.74) is 11.4. The summed E-state index contributed by atoms with van der Waals surface area (Å²) in [6.07, 6.45) is 5.22. The molecule has 0 spiro atoms. The van der Waals surface area contributed by atoms with E-state index >= 15 is 0 Å². The summed E-state index contributed by atoms with van der Waals surface area (Å²) in [6.45, 7) is 0.260. The molecule has 0 aliphatic rings. The Morgan fingerprint density at radius 2 is 1.86 bits per heavy atom. The van der Waals surface area contributed by atoms with Gasteiger partial charge in [-0.2, -0.15) is 5.10 Å². The molecule has 3 aromatic heterocycles. The van der Waals surface area contributed by atoms with Crippen molar-refractivity contribution in [3.05, 3.63) is 90.1 Å². The summed E-state index contributed by atoms with van der Waals surface area (Å²) in [7, 11) is 1.43. The maximum atomic E-state index is 13.6. The standard InChI is InChI=1S/C26H21FN6O2/c1-35-21-7-6-18(27)12-19(21)26(34)31-13-15-2-4-17(5-3-15)23-22-24(32-33-25(22)28)20(14-30-23)16-8-10-29-11-9-16/h2-12,14H,13H2,1H3,(H,31,34)(H3,28,32,33). The quantitative estimate of drug-likeness (QED) is 0.341. The van der Waals surface area contributed by atoms with Gasteiger partial charge in [0.15, 0.2) is 5.82 Å². The van der Waals surface area contributed by atoms with Crippen molar-refractivity contribution >= 4 is 22.6 Å². The Hall–Kier alpha value is -4.79. The maximum Gasteiger partial charge on any atom is 0.255 e. The highest BCUT2D eigenvalue weighted by Gasteiger charge is 2.17. The van der Waals surface area contributed by atoms with Gasteiger partial charge in [0.2, 0.25) is 0 Å². The molecule has 0 fully saturated rings. The lowest BCUT2D eigenvalue weighted by Gasteiger charge is -2.11. The van der Waals surface area contributed by atoms with Gasteiger partial charge in [-0.1, -0.05) is 24.3 Å². The van der Waals surface area contributed by atoms with Gasteiger partial charge in [0.25, 0.3) is 5.91 Å². The van der Waals surface area contributed by atoms with E-state index in [1.54, 1.807) is 18.6 Å². The van der Waals surface area contributed by atoms with Crippen molar-refractivity contribution in [2.24, 2.45) is 0 Å². The first-order valence-corrected chi connectivity index (χ1v) is 10.8. The van der Waals surface area contributed by atoms with Gasteiger partial charge in [0.05, 0.1) is 29.3 Å². The number of carbonyl (C=O) groups is 1. The van der Waals surface area contributed by atoms with Crippen LogP contribution < -0.4 is 15.8 Å². The Balaban J connectivity index is 1.39. The first kappa shape index (κ1) is 22.0. The zero-order valence-corrected chi connectivity index (χ0v) is 18.7. The minimum Gasteiger partial charge on any atom is -0.496 e. The Morgan fingerprint density at radius 1 is 1.09 bits per heavy atom. The van der Waals surface area contributed by atoms with Gasteiger partial charge in [-0.25, -0.2) is 4.39 Å². The largest absolute Gasteiger partial charge is 0.496 e. The number of halogens is 1. The number of nitrogens with two attached hydrogens (primary N) is 1. The molecule has 0 atom stereocenters. The summed E-state index contributed by atoms with van der Waals surface area (Å²) >= 11 is 0. The van der Waals surface area contributed by atoms with Crippen LogP contribution in [0.3, 0.4) is 0 Å². The van der Waals surface area contributed by atoms with Crippen LogP contribution in [-0.2, 0) is 6.54 Å². The number of nitrogen functional groups attached to an aromatic ring is 1. The van der Waals surface area contributed by atoms with Gasteiger partial charge < -0.3 is 15.8 Å². The normalized spacial score (nSPS) is 10.9. The fourth-order valence-corrected chi connectivity index (χ4v) is 3.93. The molecule has 1 amide bonds. The molecule has 0 aliphatic heterocycles. The molecule has 0 saturated heterocycles. The lowest BCUT2D eigenvalue weighted by Crippen LogP contribution is -2.23. The zero-order chi connectivity index (χ0) is 24.4. The highest BCUT2D eigenvalue weighted by molar-refractivity contribution is 6.06. The average Bonchev–Trinajstić information content (AvgIpc) is 3.29. The number of anilines is 1. The fraction of sp³-hybridized carbons (Fsp3) is 0.0769. The number of aromatic nitrogens is 4. The second-order valence-corrected chi connectivity index (χ2v) is 7.84. The van der Waals surface area contributed by atoms with Crippen molar-refractivity contribution in [2.45, 2.75) is 6.54 Å². The number of ether oxygens (including phenoxy) is 1. The molecule has 5 rings (SSSR count). The van der Waals surface area contributed by atoms with Crippen LogP contribution in [-0.4, -0.2) is 33.2 Å². The number of fused-ring (bicyclic) bond motifs is 1. The predicted octanol–water partition coefficient (Wildman–Crippen LogP) is 4.35. The Labute approximate surface area is 200 Å². The van der Waals surface area contributed by atoms with E-state index in [9.17, 15) is 9.18 Å². The number of nitrogens with one attached hydrogen (secondary N) is 2. The number of pyridine rings is 2. The van der Waals surface area contributed by atoms with Crippen molar-refractivity contribution < 1.29 is 13.9 Å². The monoisotopic (exact) mass is 468 g/mol. The smallest absolute Gasteiger partial charge is 0.255 e. The highest BCUT2D eigenvalue weighted by Crippen LogP contribution is 2.35. The zero-order valence-electron chi connectivity index (χ0n) is 18.7.